The smallest absolute Gasteiger partial charge is 0.216 e. The summed E-state index contributed by atoms with van der Waals surface area (Å²) < 4.78 is 2.08. The van der Waals surface area contributed by atoms with Gasteiger partial charge in [0.25, 0.3) is 0 Å². The molecule has 0 spiro atoms. The molecule has 6 nitrogen and oxygen atoms in total. The van der Waals surface area contributed by atoms with Crippen LogP contribution in [0.3, 0.4) is 0 Å². The van der Waals surface area contributed by atoms with E-state index < -0.39 is 0 Å². The van der Waals surface area contributed by atoms with Crippen LogP contribution in [0, 0.1) is 4.77 Å². The van der Waals surface area contributed by atoms with Gasteiger partial charge >= 0.3 is 0 Å². The second-order valence-corrected chi connectivity index (χ2v) is 6.48. The fraction of sp³-hybridized carbons (Fsp3) is 0.222. The number of rotatable bonds is 4. The number of benzene rings is 1. The maximum atomic E-state index is 5.33. The van der Waals surface area contributed by atoms with Crippen LogP contribution in [0.2, 0.25) is 0 Å². The quantitative estimate of drug-likeness (QED) is 0.556. The summed E-state index contributed by atoms with van der Waals surface area (Å²) in [6.07, 6.45) is 7.05. The summed E-state index contributed by atoms with van der Waals surface area (Å²) in [4.78, 5) is 0. The fourth-order valence-corrected chi connectivity index (χ4v) is 3.23. The van der Waals surface area contributed by atoms with E-state index in [4.69, 9.17) is 12.2 Å². The highest BCUT2D eigenvalue weighted by molar-refractivity contribution is 7.71. The Morgan fingerprint density at radius 2 is 2.04 bits per heavy atom. The van der Waals surface area contributed by atoms with E-state index in [1.165, 1.54) is 11.3 Å². The molecule has 1 aliphatic rings. The van der Waals surface area contributed by atoms with E-state index in [0.29, 0.717) is 10.6 Å². The van der Waals surface area contributed by atoms with E-state index >= 15 is 0 Å². The van der Waals surface area contributed by atoms with Crippen molar-refractivity contribution >= 4 is 24.5 Å². The number of nitrogens with zero attached hydrogens (tertiary/aromatic N) is 4. The number of H-pyrrole nitrogens is 2. The molecular weight excluding hydrogens is 332 g/mol. The minimum atomic E-state index is 0.452. The Bertz CT molecular complexity index is 1010. The topological polar surface area (TPSA) is 74.7 Å². The SMILES string of the molecule is CC(/C=N/n1c(-c2n[nH]c3c2CCC3)n[nH]c1=S)=C\c1ccccc1. The van der Waals surface area contributed by atoms with Gasteiger partial charge in [0.1, 0.15) is 5.69 Å². The van der Waals surface area contributed by atoms with E-state index in [-0.39, 0.29) is 0 Å². The minimum Gasteiger partial charge on any atom is -0.282 e. The van der Waals surface area contributed by atoms with Crippen LogP contribution in [0.15, 0.2) is 41.0 Å². The Hall–Kier alpha value is -2.80. The molecule has 0 fully saturated rings. The van der Waals surface area contributed by atoms with Gasteiger partial charge in [-0.2, -0.15) is 20.0 Å². The molecule has 0 saturated heterocycles. The average Bonchev–Trinajstić information content (AvgIpc) is 3.30. The number of fused-ring (bicyclic) bond motifs is 1. The first-order valence-electron chi connectivity index (χ1n) is 8.24. The van der Waals surface area contributed by atoms with Gasteiger partial charge in [-0.15, -0.1) is 0 Å². The lowest BCUT2D eigenvalue weighted by atomic mass is 10.1. The van der Waals surface area contributed by atoms with Crippen molar-refractivity contribution in [2.75, 3.05) is 0 Å². The van der Waals surface area contributed by atoms with Crippen LogP contribution in [-0.4, -0.2) is 31.3 Å². The summed E-state index contributed by atoms with van der Waals surface area (Å²) in [5.74, 6) is 0.646. The van der Waals surface area contributed by atoms with Crippen molar-refractivity contribution in [3.8, 4) is 11.5 Å². The first kappa shape index (κ1) is 15.7. The Kier molecular flexibility index (Phi) is 4.15. The van der Waals surface area contributed by atoms with Gasteiger partial charge in [-0.05, 0) is 49.5 Å². The zero-order chi connectivity index (χ0) is 17.2. The lowest BCUT2D eigenvalue weighted by Gasteiger charge is -2.00. The van der Waals surface area contributed by atoms with Crippen molar-refractivity contribution in [2.45, 2.75) is 26.2 Å². The Balaban J connectivity index is 1.66. The molecule has 4 rings (SSSR count). The highest BCUT2D eigenvalue weighted by atomic mass is 32.1. The maximum absolute atomic E-state index is 5.33. The maximum Gasteiger partial charge on any atom is 0.216 e. The van der Waals surface area contributed by atoms with E-state index in [9.17, 15) is 0 Å². The van der Waals surface area contributed by atoms with Crippen LogP contribution >= 0.6 is 12.2 Å². The van der Waals surface area contributed by atoms with Crippen LogP contribution in [0.25, 0.3) is 17.6 Å². The van der Waals surface area contributed by atoms with E-state index in [1.54, 1.807) is 10.9 Å². The summed E-state index contributed by atoms with van der Waals surface area (Å²) >= 11 is 5.33. The molecular formula is C18H18N6S. The zero-order valence-electron chi connectivity index (χ0n) is 13.9. The summed E-state index contributed by atoms with van der Waals surface area (Å²) in [6.45, 7) is 2.01. The molecule has 7 heteroatoms. The van der Waals surface area contributed by atoms with Gasteiger partial charge in [-0.1, -0.05) is 36.4 Å². The molecule has 2 N–H and O–H groups in total. The Morgan fingerprint density at radius 1 is 1.20 bits per heavy atom. The molecule has 126 valence electrons. The van der Waals surface area contributed by atoms with Gasteiger partial charge in [-0.3, -0.25) is 5.10 Å². The average molecular weight is 350 g/mol. The van der Waals surface area contributed by atoms with Crippen molar-refractivity contribution in [2.24, 2.45) is 5.10 Å². The third-order valence-corrected chi connectivity index (χ3v) is 4.50. The van der Waals surface area contributed by atoms with Crippen LogP contribution in [0.5, 0.6) is 0 Å². The fourth-order valence-electron chi connectivity index (χ4n) is 3.05. The third-order valence-electron chi connectivity index (χ3n) is 4.24. The minimum absolute atomic E-state index is 0.452. The van der Waals surface area contributed by atoms with Gasteiger partial charge in [-0.25, -0.2) is 5.10 Å². The molecule has 2 aromatic heterocycles. The molecule has 1 aliphatic carbocycles. The van der Waals surface area contributed by atoms with Gasteiger partial charge in [0.05, 0.1) is 6.21 Å². The van der Waals surface area contributed by atoms with Crippen LogP contribution in [0.1, 0.15) is 30.2 Å². The predicted octanol–water partition coefficient (Wildman–Crippen LogP) is 3.76. The molecule has 0 amide bonds. The van der Waals surface area contributed by atoms with Gasteiger partial charge < -0.3 is 0 Å². The number of allylic oxidation sites excluding steroid dienone is 1. The zero-order valence-corrected chi connectivity index (χ0v) is 14.7. The summed E-state index contributed by atoms with van der Waals surface area (Å²) in [7, 11) is 0. The second-order valence-electron chi connectivity index (χ2n) is 6.09. The lowest BCUT2D eigenvalue weighted by Crippen LogP contribution is -1.97. The number of nitrogens with one attached hydrogen (secondary N) is 2. The number of aromatic nitrogens is 5. The van der Waals surface area contributed by atoms with E-state index in [2.05, 4.69) is 43.7 Å². The van der Waals surface area contributed by atoms with Crippen molar-refractivity contribution in [3.63, 3.8) is 0 Å². The highest BCUT2D eigenvalue weighted by Crippen LogP contribution is 2.29. The molecule has 0 unspecified atom stereocenters. The molecule has 25 heavy (non-hydrogen) atoms. The van der Waals surface area contributed by atoms with Crippen molar-refractivity contribution < 1.29 is 0 Å². The largest absolute Gasteiger partial charge is 0.282 e. The van der Waals surface area contributed by atoms with Gasteiger partial charge in [0, 0.05) is 11.3 Å². The third kappa shape index (κ3) is 3.10. The monoisotopic (exact) mass is 350 g/mol. The van der Waals surface area contributed by atoms with Crippen molar-refractivity contribution in [1.82, 2.24) is 25.1 Å². The number of aromatic amines is 2. The molecule has 0 saturated carbocycles. The molecule has 0 radical (unpaired) electrons. The molecule has 0 bridgehead atoms. The molecule has 0 aliphatic heterocycles. The summed E-state index contributed by atoms with van der Waals surface area (Å²) in [6, 6.07) is 10.1. The van der Waals surface area contributed by atoms with E-state index in [0.717, 1.165) is 36.1 Å². The number of aryl methyl sites for hydroxylation is 1. The molecule has 0 atom stereocenters. The number of hydrogen-bond acceptors (Lipinski definition) is 4. The summed E-state index contributed by atoms with van der Waals surface area (Å²) in [5, 5.41) is 19.2. The van der Waals surface area contributed by atoms with Crippen molar-refractivity contribution in [3.05, 3.63) is 57.5 Å². The highest BCUT2D eigenvalue weighted by Gasteiger charge is 2.23. The van der Waals surface area contributed by atoms with Crippen LogP contribution < -0.4 is 0 Å². The molecule has 3 aromatic rings. The lowest BCUT2D eigenvalue weighted by molar-refractivity contribution is 0.844. The van der Waals surface area contributed by atoms with Gasteiger partial charge in [0.2, 0.25) is 10.6 Å². The predicted molar refractivity (Wildman–Crippen MR) is 101 cm³/mol. The number of hydrogen-bond donors (Lipinski definition) is 2. The first-order valence-corrected chi connectivity index (χ1v) is 8.65. The Labute approximate surface area is 150 Å². The molecule has 1 aromatic carbocycles. The normalized spacial score (nSPS) is 14.4. The molecule has 2 heterocycles. The van der Waals surface area contributed by atoms with Crippen LogP contribution in [0.4, 0.5) is 0 Å². The van der Waals surface area contributed by atoms with Crippen LogP contribution in [-0.2, 0) is 12.8 Å². The van der Waals surface area contributed by atoms with Crippen molar-refractivity contribution in [1.29, 1.82) is 0 Å². The second kappa shape index (κ2) is 6.60. The van der Waals surface area contributed by atoms with E-state index in [1.807, 2.05) is 25.1 Å². The standard InChI is InChI=1S/C18H18N6S/c1-12(10-13-6-3-2-4-7-13)11-19-24-17(22-23-18(24)25)16-14-8-5-9-15(14)20-21-16/h2-4,6-7,10-11H,5,8-9H2,1H3,(H,20,21)(H,23,25)/b12-10+,19-11+. The van der Waals surface area contributed by atoms with Gasteiger partial charge in [0.15, 0.2) is 0 Å². The summed E-state index contributed by atoms with van der Waals surface area (Å²) in [5.41, 5.74) is 5.41. The first-order chi connectivity index (χ1) is 12.2. The Morgan fingerprint density at radius 3 is 2.88 bits per heavy atom.